The highest BCUT2D eigenvalue weighted by Gasteiger charge is 2.25. The Morgan fingerprint density at radius 2 is 1.77 bits per heavy atom. The third kappa shape index (κ3) is 5.37. The highest BCUT2D eigenvalue weighted by molar-refractivity contribution is 5.85. The van der Waals surface area contributed by atoms with Gasteiger partial charge in [0.05, 0.1) is 0 Å². The van der Waals surface area contributed by atoms with E-state index in [0.29, 0.717) is 19.5 Å². The minimum absolute atomic E-state index is 0.134. The zero-order chi connectivity index (χ0) is 20.8. The van der Waals surface area contributed by atoms with Crippen LogP contribution in [0.3, 0.4) is 0 Å². The average Bonchev–Trinajstić information content (AvgIpc) is 3.17. The van der Waals surface area contributed by atoms with E-state index < -0.39 is 0 Å². The summed E-state index contributed by atoms with van der Waals surface area (Å²) in [6.07, 6.45) is 2.50. The maximum Gasteiger partial charge on any atom is 0.275 e. The lowest BCUT2D eigenvalue weighted by molar-refractivity contribution is -1.02. The van der Waals surface area contributed by atoms with Crippen LogP contribution >= 0.6 is 0 Å². The third-order valence-corrected chi connectivity index (χ3v) is 6.49. The zero-order valence-electron chi connectivity index (χ0n) is 17.8. The van der Waals surface area contributed by atoms with E-state index in [1.165, 1.54) is 21.2 Å². The molecular formula is C24H34N4O2+2. The molecular weight excluding hydrogens is 376 g/mol. The Kier molecular flexibility index (Phi) is 6.97. The summed E-state index contributed by atoms with van der Waals surface area (Å²) in [6.45, 7) is 8.19. The first-order chi connectivity index (χ1) is 14.7. The minimum atomic E-state index is 0.134. The molecule has 2 aromatic rings. The molecule has 0 atom stereocenters. The van der Waals surface area contributed by atoms with E-state index in [9.17, 15) is 9.59 Å². The predicted molar refractivity (Wildman–Crippen MR) is 117 cm³/mol. The summed E-state index contributed by atoms with van der Waals surface area (Å²) in [6, 6.07) is 15.2. The Morgan fingerprint density at radius 3 is 2.57 bits per heavy atom. The highest BCUT2D eigenvalue weighted by Crippen LogP contribution is 2.17. The predicted octanol–water partition coefficient (Wildman–Crippen LogP) is -0.748. The van der Waals surface area contributed by atoms with Crippen molar-refractivity contribution in [1.82, 2.24) is 10.2 Å². The van der Waals surface area contributed by atoms with Crippen molar-refractivity contribution in [3.63, 3.8) is 0 Å². The SMILES string of the molecule is O=C(C[NH+]1CC[NH+](Cc2cccc3ccccc23)CC1)NCCCN1CCCC1=O. The number of nitrogens with one attached hydrogen (secondary N) is 3. The van der Waals surface area contributed by atoms with Gasteiger partial charge in [-0.2, -0.15) is 0 Å². The van der Waals surface area contributed by atoms with Gasteiger partial charge >= 0.3 is 0 Å². The van der Waals surface area contributed by atoms with Gasteiger partial charge in [-0.1, -0.05) is 42.5 Å². The molecule has 0 bridgehead atoms. The summed E-state index contributed by atoms with van der Waals surface area (Å²) in [4.78, 5) is 28.8. The normalized spacial score (nSPS) is 21.9. The van der Waals surface area contributed by atoms with Gasteiger partial charge in [0, 0.05) is 31.6 Å². The quantitative estimate of drug-likeness (QED) is 0.502. The van der Waals surface area contributed by atoms with Crippen LogP contribution in [0, 0.1) is 0 Å². The molecule has 0 spiro atoms. The minimum Gasteiger partial charge on any atom is -0.351 e. The van der Waals surface area contributed by atoms with Gasteiger partial charge in [-0.15, -0.1) is 0 Å². The maximum absolute atomic E-state index is 12.3. The van der Waals surface area contributed by atoms with Crippen molar-refractivity contribution in [1.29, 1.82) is 0 Å². The van der Waals surface area contributed by atoms with Crippen molar-refractivity contribution in [3.05, 3.63) is 48.0 Å². The molecule has 2 heterocycles. The number of amides is 2. The van der Waals surface area contributed by atoms with E-state index in [0.717, 1.165) is 58.7 Å². The van der Waals surface area contributed by atoms with E-state index >= 15 is 0 Å². The van der Waals surface area contributed by atoms with E-state index in [1.54, 1.807) is 4.90 Å². The molecule has 6 heteroatoms. The molecule has 2 amide bonds. The first-order valence-electron chi connectivity index (χ1n) is 11.4. The Bertz CT molecular complexity index is 871. The number of nitrogens with zero attached hydrogens (tertiary/aromatic N) is 1. The van der Waals surface area contributed by atoms with Crippen molar-refractivity contribution in [2.24, 2.45) is 0 Å². The van der Waals surface area contributed by atoms with Crippen LogP contribution in [0.15, 0.2) is 42.5 Å². The Balaban J connectivity index is 1.15. The number of piperazine rings is 1. The lowest BCUT2D eigenvalue weighted by Gasteiger charge is -2.29. The fourth-order valence-corrected chi connectivity index (χ4v) is 4.75. The molecule has 2 aromatic carbocycles. The van der Waals surface area contributed by atoms with Gasteiger partial charge in [-0.3, -0.25) is 9.59 Å². The van der Waals surface area contributed by atoms with Crippen LogP contribution in [0.4, 0.5) is 0 Å². The lowest BCUT2D eigenvalue weighted by Crippen LogP contribution is -3.28. The van der Waals surface area contributed by atoms with Crippen molar-refractivity contribution >= 4 is 22.6 Å². The highest BCUT2D eigenvalue weighted by atomic mass is 16.2. The molecule has 2 aliphatic rings. The number of carbonyl (C=O) groups excluding carboxylic acids is 2. The summed E-state index contributed by atoms with van der Waals surface area (Å²) in [5.74, 6) is 0.393. The number of hydrogen-bond donors (Lipinski definition) is 3. The molecule has 2 saturated heterocycles. The largest absolute Gasteiger partial charge is 0.351 e. The molecule has 2 fully saturated rings. The van der Waals surface area contributed by atoms with Crippen molar-refractivity contribution < 1.29 is 19.4 Å². The fourth-order valence-electron chi connectivity index (χ4n) is 4.75. The molecule has 0 aromatic heterocycles. The smallest absolute Gasteiger partial charge is 0.275 e. The summed E-state index contributed by atoms with van der Waals surface area (Å²) >= 11 is 0. The topological polar surface area (TPSA) is 58.3 Å². The van der Waals surface area contributed by atoms with Gasteiger partial charge in [0.15, 0.2) is 6.54 Å². The van der Waals surface area contributed by atoms with Crippen LogP contribution in [-0.4, -0.2) is 69.1 Å². The van der Waals surface area contributed by atoms with Gasteiger partial charge in [0.2, 0.25) is 5.91 Å². The summed E-state index contributed by atoms with van der Waals surface area (Å²) in [5.41, 5.74) is 1.42. The van der Waals surface area contributed by atoms with Gasteiger partial charge in [0.1, 0.15) is 32.7 Å². The first-order valence-corrected chi connectivity index (χ1v) is 11.4. The molecule has 0 unspecified atom stereocenters. The molecule has 0 aliphatic carbocycles. The van der Waals surface area contributed by atoms with E-state index in [1.807, 2.05) is 4.90 Å². The molecule has 30 heavy (non-hydrogen) atoms. The van der Waals surface area contributed by atoms with E-state index in [4.69, 9.17) is 0 Å². The van der Waals surface area contributed by atoms with Crippen LogP contribution in [0.25, 0.3) is 10.8 Å². The number of carbonyl (C=O) groups is 2. The standard InChI is InChI=1S/C24H32N4O2/c29-23(25-11-5-13-28-12-4-10-24(28)30)19-27-16-14-26(15-17-27)18-21-8-3-7-20-6-1-2-9-22(20)21/h1-3,6-9H,4-5,10-19H2,(H,25,29)/p+2. The van der Waals surface area contributed by atoms with Gasteiger partial charge < -0.3 is 20.0 Å². The van der Waals surface area contributed by atoms with E-state index in [2.05, 4.69) is 47.8 Å². The summed E-state index contributed by atoms with van der Waals surface area (Å²) in [5, 5.41) is 5.70. The fraction of sp³-hybridized carbons (Fsp3) is 0.500. The zero-order valence-corrected chi connectivity index (χ0v) is 17.8. The van der Waals surface area contributed by atoms with Crippen molar-refractivity contribution in [2.45, 2.75) is 25.8 Å². The number of rotatable bonds is 8. The van der Waals surface area contributed by atoms with Gasteiger partial charge in [-0.25, -0.2) is 0 Å². The van der Waals surface area contributed by atoms with Crippen LogP contribution in [0.1, 0.15) is 24.8 Å². The van der Waals surface area contributed by atoms with Crippen LogP contribution in [0.5, 0.6) is 0 Å². The molecule has 160 valence electrons. The second-order valence-corrected chi connectivity index (χ2v) is 8.68. The second-order valence-electron chi connectivity index (χ2n) is 8.68. The van der Waals surface area contributed by atoms with Crippen molar-refractivity contribution in [3.8, 4) is 0 Å². The molecule has 2 aliphatic heterocycles. The molecule has 0 saturated carbocycles. The molecule has 0 radical (unpaired) electrons. The number of likely N-dealkylation sites (tertiary alicyclic amines) is 1. The third-order valence-electron chi connectivity index (χ3n) is 6.49. The monoisotopic (exact) mass is 410 g/mol. The molecule has 6 nitrogen and oxygen atoms in total. The maximum atomic E-state index is 12.3. The first kappa shape index (κ1) is 20.8. The number of benzene rings is 2. The summed E-state index contributed by atoms with van der Waals surface area (Å²) in [7, 11) is 0. The van der Waals surface area contributed by atoms with Crippen LogP contribution < -0.4 is 15.1 Å². The molecule has 3 N–H and O–H groups in total. The molecule has 4 rings (SSSR count). The van der Waals surface area contributed by atoms with Crippen LogP contribution in [0.2, 0.25) is 0 Å². The van der Waals surface area contributed by atoms with Crippen molar-refractivity contribution in [2.75, 3.05) is 52.4 Å². The average molecular weight is 411 g/mol. The van der Waals surface area contributed by atoms with Gasteiger partial charge in [0.25, 0.3) is 5.91 Å². The Hall–Kier alpha value is -2.44. The Morgan fingerprint density at radius 1 is 1.00 bits per heavy atom. The van der Waals surface area contributed by atoms with Gasteiger partial charge in [-0.05, 0) is 23.6 Å². The Labute approximate surface area is 178 Å². The van der Waals surface area contributed by atoms with E-state index in [-0.39, 0.29) is 11.8 Å². The second kappa shape index (κ2) is 10.0. The number of fused-ring (bicyclic) bond motifs is 1. The lowest BCUT2D eigenvalue weighted by atomic mass is 10.0. The summed E-state index contributed by atoms with van der Waals surface area (Å²) < 4.78 is 0. The van der Waals surface area contributed by atoms with Crippen LogP contribution in [-0.2, 0) is 16.1 Å². The number of hydrogen-bond acceptors (Lipinski definition) is 2. The number of quaternary nitrogens is 2.